The highest BCUT2D eigenvalue weighted by molar-refractivity contribution is 5.94. The van der Waals surface area contributed by atoms with Gasteiger partial charge in [-0.2, -0.15) is 18.4 Å². The molecule has 194 valence electrons. The first-order valence-corrected chi connectivity index (χ1v) is 12.3. The maximum absolute atomic E-state index is 13.4. The van der Waals surface area contributed by atoms with Crippen molar-refractivity contribution in [3.8, 4) is 17.9 Å². The fraction of sp³-hybridized carbons (Fsp3) is 0.429. The highest BCUT2D eigenvalue weighted by Crippen LogP contribution is 2.32. The Bertz CT molecular complexity index is 1330. The van der Waals surface area contributed by atoms with E-state index in [0.29, 0.717) is 35.1 Å². The highest BCUT2D eigenvalue weighted by atomic mass is 19.4. The number of nitrogens with zero attached hydrogens (tertiary/aromatic N) is 3. The van der Waals surface area contributed by atoms with Gasteiger partial charge in [0.1, 0.15) is 6.54 Å². The average Bonchev–Trinajstić information content (AvgIpc) is 3.20. The number of benzene rings is 1. The summed E-state index contributed by atoms with van der Waals surface area (Å²) >= 11 is 0. The Kier molecular flexibility index (Phi) is 7.65. The average molecular weight is 510 g/mol. The summed E-state index contributed by atoms with van der Waals surface area (Å²) in [5.74, 6) is 5.82. The molecule has 0 bridgehead atoms. The zero-order valence-corrected chi connectivity index (χ0v) is 20.9. The SMILES string of the molecule is CC(C)(C#N)c1ccc(NCC#Cc2cc3c(N[C@H]4CC[C@@H](O)CC4)cccc3n2CC(F)(F)F)cn1. The van der Waals surface area contributed by atoms with Gasteiger partial charge in [0, 0.05) is 17.1 Å². The topological polar surface area (TPSA) is 85.9 Å². The van der Waals surface area contributed by atoms with Crippen molar-refractivity contribution in [2.45, 2.75) is 69.8 Å². The molecule has 0 unspecified atom stereocenters. The molecule has 2 heterocycles. The Balaban J connectivity index is 1.54. The van der Waals surface area contributed by atoms with E-state index in [-0.39, 0.29) is 24.4 Å². The molecule has 3 aromatic rings. The number of nitrogens with one attached hydrogen (secondary N) is 2. The van der Waals surface area contributed by atoms with Crippen molar-refractivity contribution in [1.29, 1.82) is 5.26 Å². The molecule has 0 radical (unpaired) electrons. The lowest BCUT2D eigenvalue weighted by Crippen LogP contribution is -2.28. The van der Waals surface area contributed by atoms with E-state index >= 15 is 0 Å². The summed E-state index contributed by atoms with van der Waals surface area (Å²) in [6.07, 6.45) is -0.0314. The van der Waals surface area contributed by atoms with Crippen LogP contribution in [0, 0.1) is 23.2 Å². The first-order valence-electron chi connectivity index (χ1n) is 12.3. The molecular weight excluding hydrogens is 479 g/mol. The molecular formula is C28H30F3N5O. The molecule has 3 N–H and O–H groups in total. The molecule has 1 saturated carbocycles. The van der Waals surface area contributed by atoms with Crippen molar-refractivity contribution >= 4 is 22.3 Å². The summed E-state index contributed by atoms with van der Waals surface area (Å²) in [5, 5.41) is 26.3. The second kappa shape index (κ2) is 10.7. The zero-order valence-electron chi connectivity index (χ0n) is 20.9. The van der Waals surface area contributed by atoms with Crippen molar-refractivity contribution in [2.24, 2.45) is 0 Å². The van der Waals surface area contributed by atoms with Gasteiger partial charge in [0.2, 0.25) is 0 Å². The van der Waals surface area contributed by atoms with Crippen LogP contribution in [0.3, 0.4) is 0 Å². The van der Waals surface area contributed by atoms with Crippen LogP contribution in [0.15, 0.2) is 42.6 Å². The molecule has 0 amide bonds. The van der Waals surface area contributed by atoms with Crippen LogP contribution in [-0.2, 0) is 12.0 Å². The minimum atomic E-state index is -4.39. The normalized spacial score (nSPS) is 18.1. The van der Waals surface area contributed by atoms with E-state index in [2.05, 4.69) is 33.5 Å². The second-order valence-electron chi connectivity index (χ2n) is 9.94. The molecule has 1 aromatic carbocycles. The van der Waals surface area contributed by atoms with Gasteiger partial charge in [-0.3, -0.25) is 4.98 Å². The first kappa shape index (κ1) is 26.4. The predicted molar refractivity (Wildman–Crippen MR) is 138 cm³/mol. The third-order valence-corrected chi connectivity index (χ3v) is 6.62. The number of hydrogen-bond donors (Lipinski definition) is 3. The molecule has 0 saturated heterocycles. The Labute approximate surface area is 214 Å². The Morgan fingerprint density at radius 2 is 1.89 bits per heavy atom. The van der Waals surface area contributed by atoms with Crippen LogP contribution in [0.2, 0.25) is 0 Å². The standard InChI is InChI=1S/C28H30F3N5O/c1-27(2,17-32)26-13-10-20(16-34-26)33-14-4-5-21-15-23-24(35-19-8-11-22(37)12-9-19)6-3-7-25(23)36(21)18-28(29,30)31/h3,6-7,10,13,15-16,19,22,33,35,37H,8-9,11-12,14,18H2,1-2H3/t19-,22+. The number of alkyl halides is 3. The van der Waals surface area contributed by atoms with E-state index in [1.165, 1.54) is 4.57 Å². The first-order chi connectivity index (χ1) is 17.6. The molecule has 0 spiro atoms. The van der Waals surface area contributed by atoms with Crippen molar-refractivity contribution in [2.75, 3.05) is 17.2 Å². The molecule has 1 fully saturated rings. The summed E-state index contributed by atoms with van der Waals surface area (Å²) in [7, 11) is 0. The minimum absolute atomic E-state index is 0.164. The maximum atomic E-state index is 13.4. The molecule has 4 rings (SSSR count). The van der Waals surface area contributed by atoms with Crippen LogP contribution in [0.5, 0.6) is 0 Å². The van der Waals surface area contributed by atoms with Crippen molar-refractivity contribution < 1.29 is 18.3 Å². The number of aliphatic hydroxyl groups is 1. The predicted octanol–water partition coefficient (Wildman–Crippen LogP) is 5.58. The third-order valence-electron chi connectivity index (χ3n) is 6.62. The van der Waals surface area contributed by atoms with Gasteiger partial charge in [0.25, 0.3) is 0 Å². The molecule has 9 heteroatoms. The Hall–Kier alpha value is -3.69. The Morgan fingerprint density at radius 1 is 1.14 bits per heavy atom. The maximum Gasteiger partial charge on any atom is 0.406 e. The van der Waals surface area contributed by atoms with Crippen LogP contribution < -0.4 is 10.6 Å². The number of hydrogen-bond acceptors (Lipinski definition) is 5. The molecule has 37 heavy (non-hydrogen) atoms. The van der Waals surface area contributed by atoms with E-state index in [1.807, 2.05) is 6.07 Å². The van der Waals surface area contributed by atoms with Gasteiger partial charge in [0.05, 0.1) is 52.9 Å². The minimum Gasteiger partial charge on any atom is -0.393 e. The number of fused-ring (bicyclic) bond motifs is 1. The van der Waals surface area contributed by atoms with Crippen molar-refractivity contribution in [1.82, 2.24) is 9.55 Å². The third kappa shape index (κ3) is 6.55. The van der Waals surface area contributed by atoms with Gasteiger partial charge in [-0.25, -0.2) is 0 Å². The fourth-order valence-corrected chi connectivity index (χ4v) is 4.51. The van der Waals surface area contributed by atoms with E-state index in [9.17, 15) is 23.5 Å². The van der Waals surface area contributed by atoms with E-state index in [4.69, 9.17) is 0 Å². The summed E-state index contributed by atoms with van der Waals surface area (Å²) in [5.41, 5.74) is 2.18. The number of aromatic nitrogens is 2. The second-order valence-corrected chi connectivity index (χ2v) is 9.94. The summed E-state index contributed by atoms with van der Waals surface area (Å²) < 4.78 is 41.5. The largest absolute Gasteiger partial charge is 0.406 e. The molecule has 0 atom stereocenters. The molecule has 2 aromatic heterocycles. The number of rotatable bonds is 6. The number of anilines is 2. The van der Waals surface area contributed by atoms with E-state index in [0.717, 1.165) is 18.5 Å². The van der Waals surface area contributed by atoms with Gasteiger partial charge < -0.3 is 20.3 Å². The smallest absolute Gasteiger partial charge is 0.393 e. The van der Waals surface area contributed by atoms with Crippen LogP contribution in [0.4, 0.5) is 24.5 Å². The van der Waals surface area contributed by atoms with Gasteiger partial charge in [0.15, 0.2) is 0 Å². The molecule has 1 aliphatic carbocycles. The van der Waals surface area contributed by atoms with Crippen molar-refractivity contribution in [3.63, 3.8) is 0 Å². The number of nitriles is 1. The van der Waals surface area contributed by atoms with Gasteiger partial charge in [-0.15, -0.1) is 0 Å². The van der Waals surface area contributed by atoms with Gasteiger partial charge >= 0.3 is 6.18 Å². The lowest BCUT2D eigenvalue weighted by molar-refractivity contribution is -0.140. The van der Waals surface area contributed by atoms with Crippen LogP contribution in [0.25, 0.3) is 10.9 Å². The van der Waals surface area contributed by atoms with E-state index < -0.39 is 18.1 Å². The fourth-order valence-electron chi connectivity index (χ4n) is 4.51. The van der Waals surface area contributed by atoms with Crippen LogP contribution >= 0.6 is 0 Å². The highest BCUT2D eigenvalue weighted by Gasteiger charge is 2.30. The number of aliphatic hydroxyl groups excluding tert-OH is 1. The number of halogens is 3. The lowest BCUT2D eigenvalue weighted by Gasteiger charge is -2.27. The summed E-state index contributed by atoms with van der Waals surface area (Å²) in [6, 6.07) is 12.9. The quantitative estimate of drug-likeness (QED) is 0.378. The molecule has 6 nitrogen and oxygen atoms in total. The molecule has 1 aliphatic rings. The van der Waals surface area contributed by atoms with E-state index in [1.54, 1.807) is 50.4 Å². The summed E-state index contributed by atoms with van der Waals surface area (Å²) in [6.45, 7) is 2.65. The Morgan fingerprint density at radius 3 is 2.54 bits per heavy atom. The van der Waals surface area contributed by atoms with Crippen LogP contribution in [0.1, 0.15) is 50.9 Å². The molecule has 0 aliphatic heterocycles. The van der Waals surface area contributed by atoms with Crippen LogP contribution in [-0.4, -0.2) is 39.5 Å². The van der Waals surface area contributed by atoms with Gasteiger partial charge in [-0.1, -0.05) is 12.0 Å². The lowest BCUT2D eigenvalue weighted by atomic mass is 9.91. The number of pyridine rings is 1. The van der Waals surface area contributed by atoms with Crippen molar-refractivity contribution in [3.05, 3.63) is 54.0 Å². The zero-order chi connectivity index (χ0) is 26.6. The monoisotopic (exact) mass is 509 g/mol. The summed E-state index contributed by atoms with van der Waals surface area (Å²) in [4.78, 5) is 4.32. The van der Waals surface area contributed by atoms with Gasteiger partial charge in [-0.05, 0) is 75.8 Å².